The van der Waals surface area contributed by atoms with Crippen molar-refractivity contribution in [1.29, 1.82) is 0 Å². The van der Waals surface area contributed by atoms with Gasteiger partial charge in [0.15, 0.2) is 12.2 Å². The summed E-state index contributed by atoms with van der Waals surface area (Å²) < 4.78 is 12.7. The van der Waals surface area contributed by atoms with Crippen molar-refractivity contribution < 1.29 is 19.1 Å². The highest BCUT2D eigenvalue weighted by atomic mass is 16.6. The molecule has 0 bridgehead atoms. The van der Waals surface area contributed by atoms with Crippen molar-refractivity contribution in [3.8, 4) is 0 Å². The molecule has 54 heavy (non-hydrogen) atoms. The van der Waals surface area contributed by atoms with Crippen LogP contribution in [-0.4, -0.2) is 11.9 Å². The third-order valence-corrected chi connectivity index (χ3v) is 12.4. The summed E-state index contributed by atoms with van der Waals surface area (Å²) in [5, 5.41) is 0. The van der Waals surface area contributed by atoms with Gasteiger partial charge in [-0.25, -0.2) is 9.59 Å². The molecule has 4 nitrogen and oxygen atoms in total. The lowest BCUT2D eigenvalue weighted by Gasteiger charge is -2.29. The molecule has 0 N–H and O–H groups in total. The van der Waals surface area contributed by atoms with Crippen LogP contribution in [0.4, 0.5) is 0 Å². The first-order chi connectivity index (χ1) is 26.5. The first kappa shape index (κ1) is 39.5. The smallest absolute Gasteiger partial charge is 0.338 e. The summed E-state index contributed by atoms with van der Waals surface area (Å²) in [6, 6.07) is 35.3. The fourth-order valence-electron chi connectivity index (χ4n) is 8.98. The van der Waals surface area contributed by atoms with Gasteiger partial charge in [0.05, 0.1) is 11.1 Å². The predicted molar refractivity (Wildman–Crippen MR) is 220 cm³/mol. The summed E-state index contributed by atoms with van der Waals surface area (Å²) in [6.07, 6.45) is 19.0. The van der Waals surface area contributed by atoms with Gasteiger partial charge in [0.1, 0.15) is 0 Å². The number of unbranched alkanes of at least 4 members (excludes halogenated alkanes) is 4. The summed E-state index contributed by atoms with van der Waals surface area (Å²) in [5.41, 5.74) is 5.12. The van der Waals surface area contributed by atoms with Crippen LogP contribution < -0.4 is 0 Å². The standard InChI is InChI=1S/C50H62O4/c1-3-5-9-15-37-21-25-39(26-22-37)41-29-33-45(34-30-41)49(51)53-47(43-17-11-7-12-18-43)48(44-19-13-8-14-20-44)54-50(52)46-35-31-42(32-36-46)40-27-23-38(24-28-40)16-10-6-4-2/h7-8,11-14,17-20,29-40,47-48H,3-6,9-10,15-16,21-28H2,1-2H3/t37?,38?,39?,40?,47-,48-/m1/s1. The Morgan fingerprint density at radius 1 is 0.481 bits per heavy atom. The Kier molecular flexibility index (Phi) is 15.0. The molecule has 0 heterocycles. The Bertz CT molecular complexity index is 1550. The molecule has 4 heteroatoms. The van der Waals surface area contributed by atoms with Crippen LogP contribution in [0.5, 0.6) is 0 Å². The van der Waals surface area contributed by atoms with Crippen molar-refractivity contribution in [3.63, 3.8) is 0 Å². The Hall–Kier alpha value is -4.18. The summed E-state index contributed by atoms with van der Waals surface area (Å²) in [5.74, 6) is 1.94. The minimum Gasteiger partial charge on any atom is -0.450 e. The lowest BCUT2D eigenvalue weighted by molar-refractivity contribution is -0.0388. The van der Waals surface area contributed by atoms with Gasteiger partial charge in [-0.3, -0.25) is 0 Å². The number of esters is 2. The molecule has 2 aliphatic rings. The second-order valence-electron chi connectivity index (χ2n) is 16.1. The number of hydrogen-bond donors (Lipinski definition) is 0. The lowest BCUT2D eigenvalue weighted by atomic mass is 9.77. The molecule has 2 aliphatic carbocycles. The second-order valence-corrected chi connectivity index (χ2v) is 16.1. The maximum atomic E-state index is 13.9. The van der Waals surface area contributed by atoms with Crippen LogP contribution in [0.2, 0.25) is 0 Å². The molecule has 2 atom stereocenters. The minimum absolute atomic E-state index is 0.434. The van der Waals surface area contributed by atoms with Gasteiger partial charge in [0.2, 0.25) is 0 Å². The monoisotopic (exact) mass is 726 g/mol. The summed E-state index contributed by atoms with van der Waals surface area (Å²) in [4.78, 5) is 27.8. The average Bonchev–Trinajstić information content (AvgIpc) is 3.23. The van der Waals surface area contributed by atoms with Crippen molar-refractivity contribution >= 4 is 11.9 Å². The predicted octanol–water partition coefficient (Wildman–Crippen LogP) is 13.9. The molecule has 0 saturated heterocycles. The number of carbonyl (C=O) groups is 2. The highest BCUT2D eigenvalue weighted by Crippen LogP contribution is 2.40. The average molecular weight is 727 g/mol. The molecule has 0 amide bonds. The number of benzene rings is 4. The van der Waals surface area contributed by atoms with E-state index in [0.717, 1.165) is 23.0 Å². The van der Waals surface area contributed by atoms with E-state index in [1.807, 2.05) is 84.9 Å². The summed E-state index contributed by atoms with van der Waals surface area (Å²) >= 11 is 0. The van der Waals surface area contributed by atoms with Gasteiger partial charge in [0, 0.05) is 0 Å². The van der Waals surface area contributed by atoms with E-state index in [9.17, 15) is 9.59 Å². The Balaban J connectivity index is 1.14. The normalized spacial score (nSPS) is 21.1. The Morgan fingerprint density at radius 2 is 0.833 bits per heavy atom. The largest absolute Gasteiger partial charge is 0.450 e. The first-order valence-corrected chi connectivity index (χ1v) is 21.2. The molecule has 0 spiro atoms. The Morgan fingerprint density at radius 3 is 1.17 bits per heavy atom. The van der Waals surface area contributed by atoms with Crippen LogP contribution in [0.25, 0.3) is 0 Å². The van der Waals surface area contributed by atoms with Gasteiger partial charge < -0.3 is 9.47 Å². The van der Waals surface area contributed by atoms with Crippen molar-refractivity contribution in [2.45, 2.75) is 141 Å². The molecule has 0 radical (unpaired) electrons. The van der Waals surface area contributed by atoms with Gasteiger partial charge in [-0.2, -0.15) is 0 Å². The highest BCUT2D eigenvalue weighted by molar-refractivity contribution is 5.90. The van der Waals surface area contributed by atoms with Gasteiger partial charge in [0.25, 0.3) is 0 Å². The van der Waals surface area contributed by atoms with Crippen LogP contribution >= 0.6 is 0 Å². The Labute approximate surface area is 325 Å². The zero-order valence-corrected chi connectivity index (χ0v) is 32.8. The molecule has 0 aromatic heterocycles. The third-order valence-electron chi connectivity index (χ3n) is 12.4. The number of ether oxygens (including phenoxy) is 2. The molecule has 0 unspecified atom stereocenters. The maximum Gasteiger partial charge on any atom is 0.338 e. The number of rotatable bonds is 17. The summed E-state index contributed by atoms with van der Waals surface area (Å²) in [7, 11) is 0. The zero-order valence-electron chi connectivity index (χ0n) is 32.8. The van der Waals surface area contributed by atoms with Crippen LogP contribution in [0.1, 0.15) is 184 Å². The third kappa shape index (κ3) is 11.0. The second kappa shape index (κ2) is 20.5. The molecule has 0 aliphatic heterocycles. The van der Waals surface area contributed by atoms with Crippen LogP contribution in [0.3, 0.4) is 0 Å². The van der Waals surface area contributed by atoms with Crippen LogP contribution in [0.15, 0.2) is 109 Å². The molecule has 2 saturated carbocycles. The molecule has 4 aromatic carbocycles. The van der Waals surface area contributed by atoms with E-state index in [-0.39, 0.29) is 0 Å². The first-order valence-electron chi connectivity index (χ1n) is 21.2. The van der Waals surface area contributed by atoms with E-state index >= 15 is 0 Å². The van der Waals surface area contributed by atoms with Crippen LogP contribution in [-0.2, 0) is 9.47 Å². The minimum atomic E-state index is -0.848. The fourth-order valence-corrected chi connectivity index (χ4v) is 8.98. The van der Waals surface area contributed by atoms with Crippen molar-refractivity contribution in [3.05, 3.63) is 143 Å². The van der Waals surface area contributed by atoms with E-state index in [2.05, 4.69) is 38.1 Å². The number of hydrogen-bond acceptors (Lipinski definition) is 4. The van der Waals surface area contributed by atoms with Crippen molar-refractivity contribution in [1.82, 2.24) is 0 Å². The van der Waals surface area contributed by atoms with Gasteiger partial charge >= 0.3 is 11.9 Å². The van der Waals surface area contributed by atoms with Gasteiger partial charge in [-0.15, -0.1) is 0 Å². The fraction of sp³-hybridized carbons (Fsp3) is 0.480. The zero-order chi connectivity index (χ0) is 37.5. The molecule has 4 aromatic rings. The van der Waals surface area contributed by atoms with E-state index in [4.69, 9.17) is 9.47 Å². The maximum absolute atomic E-state index is 13.9. The topological polar surface area (TPSA) is 52.6 Å². The molecule has 2 fully saturated rings. The van der Waals surface area contributed by atoms with Crippen LogP contribution in [0, 0.1) is 11.8 Å². The van der Waals surface area contributed by atoms with E-state index in [1.54, 1.807) is 0 Å². The highest BCUT2D eigenvalue weighted by Gasteiger charge is 2.33. The summed E-state index contributed by atoms with van der Waals surface area (Å²) in [6.45, 7) is 4.55. The SMILES string of the molecule is CCCCCC1CCC(c2ccc(C(=O)O[C@H](c3ccccc3)[C@H](OC(=O)c3ccc(C4CCC(CCCCC)CC4)cc3)c3ccccc3)cc2)CC1. The van der Waals surface area contributed by atoms with Gasteiger partial charge in [-0.05, 0) is 122 Å². The molecule has 6 rings (SSSR count). The van der Waals surface area contributed by atoms with Crippen molar-refractivity contribution in [2.75, 3.05) is 0 Å². The van der Waals surface area contributed by atoms with Gasteiger partial charge in [-0.1, -0.05) is 150 Å². The van der Waals surface area contributed by atoms with E-state index in [0.29, 0.717) is 23.0 Å². The molecular formula is C50H62O4. The van der Waals surface area contributed by atoms with E-state index < -0.39 is 24.1 Å². The van der Waals surface area contributed by atoms with E-state index in [1.165, 1.54) is 114 Å². The number of carbonyl (C=O) groups excluding carboxylic acids is 2. The molecular weight excluding hydrogens is 665 g/mol. The van der Waals surface area contributed by atoms with Crippen molar-refractivity contribution in [2.24, 2.45) is 11.8 Å². The quantitative estimate of drug-likeness (QED) is 0.0803. The molecule has 286 valence electrons. The lowest BCUT2D eigenvalue weighted by Crippen LogP contribution is -2.23.